The molecule has 1 fully saturated rings. The zero-order chi connectivity index (χ0) is 14.4. The van der Waals surface area contributed by atoms with Gasteiger partial charge in [0.05, 0.1) is 5.92 Å². The number of hydrogen-bond acceptors (Lipinski definition) is 2. The van der Waals surface area contributed by atoms with E-state index in [1.807, 2.05) is 4.90 Å². The molecule has 2 unspecified atom stereocenters. The first-order valence-electron chi connectivity index (χ1n) is 7.29. The number of carbonyl (C=O) groups is 2. The van der Waals surface area contributed by atoms with E-state index >= 15 is 0 Å². The molecule has 0 aromatic carbocycles. The molecule has 2 amide bonds. The Morgan fingerprint density at radius 1 is 1.42 bits per heavy atom. The van der Waals surface area contributed by atoms with Gasteiger partial charge in [-0.15, -0.1) is 0 Å². The Morgan fingerprint density at radius 2 is 2.11 bits per heavy atom. The number of carboxylic acids is 1. The molecule has 0 aromatic heterocycles. The van der Waals surface area contributed by atoms with Crippen LogP contribution in [0.1, 0.15) is 46.5 Å². The van der Waals surface area contributed by atoms with Crippen LogP contribution in [0, 0.1) is 5.92 Å². The van der Waals surface area contributed by atoms with Gasteiger partial charge in [-0.3, -0.25) is 4.79 Å². The first-order chi connectivity index (χ1) is 9.01. The van der Waals surface area contributed by atoms with Gasteiger partial charge in [-0.2, -0.15) is 0 Å². The Hall–Kier alpha value is -1.26. The minimum absolute atomic E-state index is 0.00606. The normalized spacial score (nSPS) is 20.4. The van der Waals surface area contributed by atoms with E-state index < -0.39 is 11.9 Å². The Bertz CT molecular complexity index is 320. The number of aliphatic carboxylic acids is 1. The van der Waals surface area contributed by atoms with Crippen molar-refractivity contribution in [2.75, 3.05) is 19.6 Å². The highest BCUT2D eigenvalue weighted by Gasteiger charge is 2.33. The molecule has 0 saturated carbocycles. The van der Waals surface area contributed by atoms with Gasteiger partial charge in [-0.05, 0) is 26.2 Å². The van der Waals surface area contributed by atoms with E-state index in [0.29, 0.717) is 19.5 Å². The summed E-state index contributed by atoms with van der Waals surface area (Å²) in [5, 5.41) is 9.00. The number of carbonyl (C=O) groups excluding carboxylic acids is 1. The third kappa shape index (κ3) is 4.11. The summed E-state index contributed by atoms with van der Waals surface area (Å²) < 4.78 is 0. The second kappa shape index (κ2) is 7.36. The van der Waals surface area contributed by atoms with Gasteiger partial charge in [-0.1, -0.05) is 20.3 Å². The number of hydrogen-bond donors (Lipinski definition) is 1. The maximum atomic E-state index is 12.5. The van der Waals surface area contributed by atoms with Crippen molar-refractivity contribution in [1.29, 1.82) is 0 Å². The molecule has 2 atom stereocenters. The minimum Gasteiger partial charge on any atom is -0.481 e. The lowest BCUT2D eigenvalue weighted by Crippen LogP contribution is -2.47. The highest BCUT2D eigenvalue weighted by Crippen LogP contribution is 2.19. The molecule has 1 N–H and O–H groups in total. The Kier molecular flexibility index (Phi) is 6.12. The highest BCUT2D eigenvalue weighted by molar-refractivity contribution is 5.77. The van der Waals surface area contributed by atoms with Crippen molar-refractivity contribution in [2.45, 2.75) is 52.5 Å². The molecule has 0 spiro atoms. The van der Waals surface area contributed by atoms with Crippen LogP contribution in [0.25, 0.3) is 0 Å². The van der Waals surface area contributed by atoms with E-state index in [1.54, 1.807) is 4.90 Å². The van der Waals surface area contributed by atoms with Crippen LogP contribution in [0.2, 0.25) is 0 Å². The molecule has 0 aliphatic carbocycles. The summed E-state index contributed by atoms with van der Waals surface area (Å²) in [5.41, 5.74) is 0. The third-order valence-corrected chi connectivity index (χ3v) is 3.93. The smallest absolute Gasteiger partial charge is 0.320 e. The van der Waals surface area contributed by atoms with Crippen molar-refractivity contribution in [3.63, 3.8) is 0 Å². The second-order valence-electron chi connectivity index (χ2n) is 5.36. The lowest BCUT2D eigenvalue weighted by atomic mass is 10.1. The minimum atomic E-state index is -0.793. The van der Waals surface area contributed by atoms with Crippen molar-refractivity contribution in [3.05, 3.63) is 0 Å². The summed E-state index contributed by atoms with van der Waals surface area (Å²) in [6.45, 7) is 7.91. The van der Waals surface area contributed by atoms with Crippen LogP contribution >= 0.6 is 0 Å². The van der Waals surface area contributed by atoms with Gasteiger partial charge in [0, 0.05) is 25.7 Å². The van der Waals surface area contributed by atoms with Gasteiger partial charge in [0.1, 0.15) is 0 Å². The van der Waals surface area contributed by atoms with Gasteiger partial charge in [-0.25, -0.2) is 4.79 Å². The van der Waals surface area contributed by atoms with Gasteiger partial charge in [0.2, 0.25) is 0 Å². The molecule has 5 heteroatoms. The maximum absolute atomic E-state index is 12.5. The molecule has 1 rings (SSSR count). The summed E-state index contributed by atoms with van der Waals surface area (Å²) in [5.74, 6) is -1.19. The summed E-state index contributed by atoms with van der Waals surface area (Å²) in [7, 11) is 0. The molecule has 1 aliphatic rings. The van der Waals surface area contributed by atoms with Crippen molar-refractivity contribution in [2.24, 2.45) is 5.92 Å². The molecular formula is C14H26N2O3. The number of urea groups is 1. The van der Waals surface area contributed by atoms with E-state index in [2.05, 4.69) is 20.8 Å². The van der Waals surface area contributed by atoms with Gasteiger partial charge < -0.3 is 14.9 Å². The average Bonchev–Trinajstić information content (AvgIpc) is 2.88. The molecule has 0 radical (unpaired) electrons. The fourth-order valence-corrected chi connectivity index (χ4v) is 2.37. The molecule has 5 nitrogen and oxygen atoms in total. The number of nitrogens with zero attached hydrogens (tertiary/aromatic N) is 2. The molecule has 0 aromatic rings. The molecule has 1 heterocycles. The molecule has 110 valence electrons. The third-order valence-electron chi connectivity index (χ3n) is 3.93. The summed E-state index contributed by atoms with van der Waals surface area (Å²) >= 11 is 0. The first-order valence-corrected chi connectivity index (χ1v) is 7.29. The number of amides is 2. The summed E-state index contributed by atoms with van der Waals surface area (Å²) in [4.78, 5) is 27.0. The predicted octanol–water partition coefficient (Wildman–Crippen LogP) is 2.41. The van der Waals surface area contributed by atoms with Crippen LogP contribution in [0.15, 0.2) is 0 Å². The Labute approximate surface area is 115 Å². The van der Waals surface area contributed by atoms with Crippen molar-refractivity contribution in [1.82, 2.24) is 9.80 Å². The average molecular weight is 270 g/mol. The Balaban J connectivity index is 2.63. The molecule has 0 bridgehead atoms. The standard InChI is InChI=1S/C14H26N2O3/c1-4-6-8-16(11(3)5-2)14(19)15-9-7-12(10-15)13(17)18/h11-12H,4-10H2,1-3H3,(H,17,18). The summed E-state index contributed by atoms with van der Waals surface area (Å²) in [6.07, 6.45) is 3.54. The number of likely N-dealkylation sites (tertiary alicyclic amines) is 1. The van der Waals surface area contributed by atoms with Crippen LogP contribution in [0.4, 0.5) is 4.79 Å². The van der Waals surface area contributed by atoms with Gasteiger partial charge in [0.25, 0.3) is 0 Å². The van der Waals surface area contributed by atoms with Crippen molar-refractivity contribution >= 4 is 12.0 Å². The van der Waals surface area contributed by atoms with Crippen LogP contribution in [0.5, 0.6) is 0 Å². The van der Waals surface area contributed by atoms with Crippen LogP contribution < -0.4 is 0 Å². The monoisotopic (exact) mass is 270 g/mol. The highest BCUT2D eigenvalue weighted by atomic mass is 16.4. The summed E-state index contributed by atoms with van der Waals surface area (Å²) in [6, 6.07) is 0.217. The predicted molar refractivity (Wildman–Crippen MR) is 74.1 cm³/mol. The molecular weight excluding hydrogens is 244 g/mol. The molecule has 19 heavy (non-hydrogen) atoms. The van der Waals surface area contributed by atoms with Gasteiger partial charge >= 0.3 is 12.0 Å². The van der Waals surface area contributed by atoms with Crippen molar-refractivity contribution < 1.29 is 14.7 Å². The molecule has 1 saturated heterocycles. The zero-order valence-corrected chi connectivity index (χ0v) is 12.3. The van der Waals surface area contributed by atoms with E-state index in [-0.39, 0.29) is 12.1 Å². The van der Waals surface area contributed by atoms with Crippen LogP contribution in [-0.4, -0.2) is 52.6 Å². The lowest BCUT2D eigenvalue weighted by molar-refractivity contribution is -0.141. The fraction of sp³-hybridized carbons (Fsp3) is 0.857. The number of unbranched alkanes of at least 4 members (excludes halogenated alkanes) is 1. The first kappa shape index (κ1) is 15.8. The molecule has 1 aliphatic heterocycles. The largest absolute Gasteiger partial charge is 0.481 e. The van der Waals surface area contributed by atoms with Crippen LogP contribution in [-0.2, 0) is 4.79 Å². The van der Waals surface area contributed by atoms with Gasteiger partial charge in [0.15, 0.2) is 0 Å². The quantitative estimate of drug-likeness (QED) is 0.806. The zero-order valence-electron chi connectivity index (χ0n) is 12.3. The second-order valence-corrected chi connectivity index (χ2v) is 5.36. The lowest BCUT2D eigenvalue weighted by Gasteiger charge is -2.32. The fourth-order valence-electron chi connectivity index (χ4n) is 2.37. The van der Waals surface area contributed by atoms with E-state index in [9.17, 15) is 9.59 Å². The van der Waals surface area contributed by atoms with E-state index in [0.717, 1.165) is 25.8 Å². The van der Waals surface area contributed by atoms with Crippen LogP contribution in [0.3, 0.4) is 0 Å². The Morgan fingerprint density at radius 3 is 2.58 bits per heavy atom. The topological polar surface area (TPSA) is 60.9 Å². The number of rotatable bonds is 6. The van der Waals surface area contributed by atoms with Crippen molar-refractivity contribution in [3.8, 4) is 0 Å². The van der Waals surface area contributed by atoms with E-state index in [1.165, 1.54) is 0 Å². The SMILES string of the molecule is CCCCN(C(=O)N1CCC(C(=O)O)C1)C(C)CC. The van der Waals surface area contributed by atoms with E-state index in [4.69, 9.17) is 5.11 Å². The number of carboxylic acid groups (broad SMARTS) is 1. The maximum Gasteiger partial charge on any atom is 0.320 e.